The van der Waals surface area contributed by atoms with Crippen LogP contribution in [0.3, 0.4) is 0 Å². The highest BCUT2D eigenvalue weighted by molar-refractivity contribution is 7.89. The summed E-state index contributed by atoms with van der Waals surface area (Å²) in [7, 11) is -0.908. The van der Waals surface area contributed by atoms with Gasteiger partial charge in [0.15, 0.2) is 6.61 Å². The molecule has 0 bridgehead atoms. The van der Waals surface area contributed by atoms with Crippen LogP contribution in [0, 0.1) is 0 Å². The van der Waals surface area contributed by atoms with Gasteiger partial charge in [0.2, 0.25) is 10.0 Å². The summed E-state index contributed by atoms with van der Waals surface area (Å²) < 4.78 is 68.3. The molecular formula is C17H17F3N2O4S. The highest BCUT2D eigenvalue weighted by atomic mass is 32.2. The zero-order chi connectivity index (χ0) is 20.2. The van der Waals surface area contributed by atoms with Crippen molar-refractivity contribution in [3.8, 4) is 5.75 Å². The lowest BCUT2D eigenvalue weighted by molar-refractivity contribution is -0.137. The number of anilines is 1. The van der Waals surface area contributed by atoms with Gasteiger partial charge < -0.3 is 10.1 Å². The number of carbonyl (C=O) groups excluding carboxylic acids is 1. The van der Waals surface area contributed by atoms with Crippen LogP contribution in [0.4, 0.5) is 18.9 Å². The molecule has 0 aliphatic rings. The summed E-state index contributed by atoms with van der Waals surface area (Å²) in [6.45, 7) is -0.536. The Balaban J connectivity index is 2.03. The molecule has 0 aromatic heterocycles. The molecule has 0 aliphatic heterocycles. The first-order chi connectivity index (χ1) is 12.5. The molecule has 0 saturated carbocycles. The second-order valence-electron chi connectivity index (χ2n) is 5.68. The molecular weight excluding hydrogens is 385 g/mol. The normalized spacial score (nSPS) is 12.1. The first kappa shape index (κ1) is 20.7. The third-order valence-corrected chi connectivity index (χ3v) is 5.24. The summed E-state index contributed by atoms with van der Waals surface area (Å²) in [5.41, 5.74) is -0.669. The molecule has 1 amide bonds. The van der Waals surface area contributed by atoms with Gasteiger partial charge in [-0.3, -0.25) is 4.79 Å². The molecule has 10 heteroatoms. The maximum absolute atomic E-state index is 12.7. The maximum Gasteiger partial charge on any atom is 0.416 e. The van der Waals surface area contributed by atoms with Gasteiger partial charge in [0.25, 0.3) is 5.91 Å². The fourth-order valence-electron chi connectivity index (χ4n) is 2.05. The fraction of sp³-hybridized carbons (Fsp3) is 0.235. The number of nitrogens with zero attached hydrogens (tertiary/aromatic N) is 1. The van der Waals surface area contributed by atoms with E-state index < -0.39 is 34.3 Å². The first-order valence-corrected chi connectivity index (χ1v) is 9.06. The van der Waals surface area contributed by atoms with Crippen molar-refractivity contribution >= 4 is 21.6 Å². The largest absolute Gasteiger partial charge is 0.484 e. The Bertz CT molecular complexity index is 928. The molecule has 2 aromatic rings. The van der Waals surface area contributed by atoms with Gasteiger partial charge in [-0.05, 0) is 36.4 Å². The van der Waals surface area contributed by atoms with Gasteiger partial charge in [0.05, 0.1) is 10.5 Å². The topological polar surface area (TPSA) is 75.7 Å². The van der Waals surface area contributed by atoms with Crippen molar-refractivity contribution in [2.45, 2.75) is 11.1 Å². The van der Waals surface area contributed by atoms with Gasteiger partial charge in [-0.1, -0.05) is 12.1 Å². The molecule has 27 heavy (non-hydrogen) atoms. The van der Waals surface area contributed by atoms with Crippen molar-refractivity contribution < 1.29 is 31.1 Å². The molecule has 2 rings (SSSR count). The Hall–Kier alpha value is -2.59. The molecule has 0 spiro atoms. The average molecular weight is 402 g/mol. The van der Waals surface area contributed by atoms with Crippen LogP contribution in [0.25, 0.3) is 0 Å². The number of carbonyl (C=O) groups is 1. The van der Waals surface area contributed by atoms with E-state index in [4.69, 9.17) is 4.74 Å². The Kier molecular flexibility index (Phi) is 6.11. The van der Waals surface area contributed by atoms with E-state index in [-0.39, 0.29) is 16.3 Å². The second-order valence-corrected chi connectivity index (χ2v) is 7.83. The third kappa shape index (κ3) is 5.44. The number of nitrogens with one attached hydrogen (secondary N) is 1. The van der Waals surface area contributed by atoms with Gasteiger partial charge in [0, 0.05) is 19.8 Å². The third-order valence-electron chi connectivity index (χ3n) is 3.43. The van der Waals surface area contributed by atoms with Gasteiger partial charge in [0.1, 0.15) is 5.75 Å². The van der Waals surface area contributed by atoms with Crippen LogP contribution in [0.5, 0.6) is 5.75 Å². The van der Waals surface area contributed by atoms with Gasteiger partial charge in [-0.2, -0.15) is 13.2 Å². The minimum atomic E-state index is -4.51. The molecule has 0 heterocycles. The lowest BCUT2D eigenvalue weighted by Gasteiger charge is -2.13. The molecule has 146 valence electrons. The highest BCUT2D eigenvalue weighted by Gasteiger charge is 2.30. The molecule has 0 radical (unpaired) electrons. The molecule has 0 aliphatic carbocycles. The van der Waals surface area contributed by atoms with Crippen LogP contribution in [0.15, 0.2) is 53.4 Å². The van der Waals surface area contributed by atoms with Crippen molar-refractivity contribution in [1.82, 2.24) is 4.31 Å². The zero-order valence-corrected chi connectivity index (χ0v) is 15.3. The van der Waals surface area contributed by atoms with Crippen molar-refractivity contribution in [3.63, 3.8) is 0 Å². The lowest BCUT2D eigenvalue weighted by Crippen LogP contribution is -2.23. The van der Waals surface area contributed by atoms with Crippen LogP contribution in [0.2, 0.25) is 0 Å². The standard InChI is InChI=1S/C17H17F3N2O4S/c1-22(2)27(24,25)15-8-4-6-13(10-15)21-16(23)11-26-14-7-3-5-12(9-14)17(18,19)20/h3-10H,11H2,1-2H3,(H,21,23). The quantitative estimate of drug-likeness (QED) is 0.806. The lowest BCUT2D eigenvalue weighted by atomic mass is 10.2. The zero-order valence-electron chi connectivity index (χ0n) is 14.4. The monoisotopic (exact) mass is 402 g/mol. The number of hydrogen-bond acceptors (Lipinski definition) is 4. The number of halogens is 3. The predicted octanol–water partition coefficient (Wildman–Crippen LogP) is 2.97. The van der Waals surface area contributed by atoms with E-state index in [0.717, 1.165) is 16.4 Å². The molecule has 0 unspecified atom stereocenters. The number of rotatable bonds is 6. The van der Waals surface area contributed by atoms with Crippen molar-refractivity contribution in [2.75, 3.05) is 26.0 Å². The number of amides is 1. The van der Waals surface area contributed by atoms with Crippen LogP contribution in [-0.2, 0) is 21.0 Å². The number of ether oxygens (including phenoxy) is 1. The van der Waals surface area contributed by atoms with Crippen LogP contribution < -0.4 is 10.1 Å². The van der Waals surface area contributed by atoms with E-state index in [9.17, 15) is 26.4 Å². The second kappa shape index (κ2) is 7.97. The Morgan fingerprint density at radius 3 is 2.41 bits per heavy atom. The molecule has 1 N–H and O–H groups in total. The van der Waals surface area contributed by atoms with Crippen LogP contribution in [0.1, 0.15) is 5.56 Å². The van der Waals surface area contributed by atoms with Gasteiger partial charge in [-0.15, -0.1) is 0 Å². The van der Waals surface area contributed by atoms with E-state index >= 15 is 0 Å². The van der Waals surface area contributed by atoms with E-state index in [1.165, 1.54) is 50.5 Å². The molecule has 6 nitrogen and oxygen atoms in total. The minimum absolute atomic E-state index is 0.0101. The number of hydrogen-bond donors (Lipinski definition) is 1. The summed E-state index contributed by atoms with van der Waals surface area (Å²) in [6.07, 6.45) is -4.51. The van der Waals surface area contributed by atoms with E-state index in [0.29, 0.717) is 0 Å². The predicted molar refractivity (Wildman–Crippen MR) is 92.9 cm³/mol. The van der Waals surface area contributed by atoms with Crippen molar-refractivity contribution in [1.29, 1.82) is 0 Å². The first-order valence-electron chi connectivity index (χ1n) is 7.62. The molecule has 0 atom stereocenters. The number of alkyl halides is 3. The van der Waals surface area contributed by atoms with Crippen molar-refractivity contribution in [3.05, 3.63) is 54.1 Å². The van der Waals surface area contributed by atoms with E-state index in [1.54, 1.807) is 0 Å². The highest BCUT2D eigenvalue weighted by Crippen LogP contribution is 2.31. The van der Waals surface area contributed by atoms with E-state index in [2.05, 4.69) is 5.32 Å². The molecule has 2 aromatic carbocycles. The number of benzene rings is 2. The smallest absolute Gasteiger partial charge is 0.416 e. The van der Waals surface area contributed by atoms with Crippen molar-refractivity contribution in [2.24, 2.45) is 0 Å². The Labute approximate surface area is 154 Å². The van der Waals surface area contributed by atoms with Crippen LogP contribution in [-0.4, -0.2) is 39.3 Å². The fourth-order valence-corrected chi connectivity index (χ4v) is 3.00. The average Bonchev–Trinajstić information content (AvgIpc) is 2.59. The van der Waals surface area contributed by atoms with Crippen LogP contribution >= 0.6 is 0 Å². The molecule has 0 saturated heterocycles. The Morgan fingerprint density at radius 1 is 1.11 bits per heavy atom. The summed E-state index contributed by atoms with van der Waals surface area (Å²) >= 11 is 0. The summed E-state index contributed by atoms with van der Waals surface area (Å²) in [5, 5.41) is 2.44. The minimum Gasteiger partial charge on any atom is -0.484 e. The molecule has 0 fully saturated rings. The number of sulfonamides is 1. The Morgan fingerprint density at radius 2 is 1.78 bits per heavy atom. The summed E-state index contributed by atoms with van der Waals surface area (Å²) in [4.78, 5) is 11.9. The summed E-state index contributed by atoms with van der Waals surface area (Å²) in [5.74, 6) is -0.754. The SMILES string of the molecule is CN(C)S(=O)(=O)c1cccc(NC(=O)COc2cccc(C(F)(F)F)c2)c1. The maximum atomic E-state index is 12.7. The summed E-state index contributed by atoms with van der Waals surface area (Å²) in [6, 6.07) is 9.75. The van der Waals surface area contributed by atoms with Gasteiger partial charge in [-0.25, -0.2) is 12.7 Å². The van der Waals surface area contributed by atoms with E-state index in [1.807, 2.05) is 0 Å². The van der Waals surface area contributed by atoms with Gasteiger partial charge >= 0.3 is 6.18 Å².